The van der Waals surface area contributed by atoms with Crippen LogP contribution in [0, 0.1) is 0 Å². The lowest BCUT2D eigenvalue weighted by Crippen LogP contribution is -2.30. The fourth-order valence-corrected chi connectivity index (χ4v) is 6.58. The Labute approximate surface area is 422 Å². The second-order valence-corrected chi connectivity index (χ2v) is 17.1. The lowest BCUT2D eigenvalue weighted by atomic mass is 10.1. The molecule has 1 atom stereocenters. The first-order chi connectivity index (χ1) is 34.0. The molecule has 0 fully saturated rings. The molecule has 6 nitrogen and oxygen atoms in total. The van der Waals surface area contributed by atoms with Gasteiger partial charge in [0.2, 0.25) is 0 Å². The van der Waals surface area contributed by atoms with Gasteiger partial charge in [-0.2, -0.15) is 0 Å². The average molecular weight is 949 g/mol. The Hall–Kier alpha value is -4.97. The molecule has 384 valence electrons. The van der Waals surface area contributed by atoms with Crippen LogP contribution in [0.2, 0.25) is 0 Å². The molecule has 0 spiro atoms. The molecule has 0 bridgehead atoms. The highest BCUT2D eigenvalue weighted by Gasteiger charge is 2.19. The Morgan fingerprint density at radius 2 is 0.681 bits per heavy atom. The molecule has 1 unspecified atom stereocenters. The summed E-state index contributed by atoms with van der Waals surface area (Å²) in [6, 6.07) is 0. The van der Waals surface area contributed by atoms with E-state index in [4.69, 9.17) is 14.2 Å². The fourth-order valence-electron chi connectivity index (χ4n) is 6.58. The van der Waals surface area contributed by atoms with Gasteiger partial charge in [0.25, 0.3) is 0 Å². The van der Waals surface area contributed by atoms with E-state index in [9.17, 15) is 14.4 Å². The molecule has 0 heterocycles. The van der Waals surface area contributed by atoms with Crippen molar-refractivity contribution in [1.29, 1.82) is 0 Å². The van der Waals surface area contributed by atoms with Crippen molar-refractivity contribution >= 4 is 17.9 Å². The van der Waals surface area contributed by atoms with Crippen molar-refractivity contribution < 1.29 is 28.6 Å². The molecule has 0 saturated carbocycles. The van der Waals surface area contributed by atoms with E-state index in [-0.39, 0.29) is 38.0 Å². The van der Waals surface area contributed by atoms with Gasteiger partial charge in [0.05, 0.1) is 0 Å². The molecule has 0 saturated heterocycles. The minimum absolute atomic E-state index is 0.137. The van der Waals surface area contributed by atoms with Crippen LogP contribution in [-0.4, -0.2) is 37.2 Å². The summed E-state index contributed by atoms with van der Waals surface area (Å²) >= 11 is 0. The van der Waals surface area contributed by atoms with Crippen LogP contribution in [0.4, 0.5) is 0 Å². The second-order valence-electron chi connectivity index (χ2n) is 17.1. The summed E-state index contributed by atoms with van der Waals surface area (Å²) in [5.74, 6) is -1.10. The zero-order chi connectivity index (χ0) is 50.0. The highest BCUT2D eigenvalue weighted by molar-refractivity contribution is 5.71. The molecule has 0 aliphatic heterocycles. The number of unbranched alkanes of at least 4 members (excludes halogenated alkanes) is 11. The Balaban J connectivity index is 4.64. The molecule has 0 aromatic rings. The Morgan fingerprint density at radius 1 is 0.319 bits per heavy atom. The van der Waals surface area contributed by atoms with Gasteiger partial charge in [0.15, 0.2) is 6.10 Å². The van der Waals surface area contributed by atoms with Gasteiger partial charge in [-0.15, -0.1) is 0 Å². The summed E-state index contributed by atoms with van der Waals surface area (Å²) in [7, 11) is 0. The summed E-state index contributed by atoms with van der Waals surface area (Å²) in [6.45, 7) is 6.22. The SMILES string of the molecule is CC\C=C/C=C\C=C/CCCCCCCCCC(=O)OCC(COC(=O)CC/C=C\C/C=C\C/C=C\C/C=C\C/C=C\C/C=C\CC)OC(=O)CCC/C=C\C/C=C\C/C=C\C/C=C\CCCCC. The molecular formula is C63H96O6. The predicted molar refractivity (Wildman–Crippen MR) is 297 cm³/mol. The maximum Gasteiger partial charge on any atom is 0.306 e. The molecule has 0 radical (unpaired) electrons. The first-order valence-electron chi connectivity index (χ1n) is 27.0. The van der Waals surface area contributed by atoms with E-state index in [1.807, 2.05) is 12.2 Å². The summed E-state index contributed by atoms with van der Waals surface area (Å²) < 4.78 is 16.7. The fraction of sp³-hybridized carbons (Fsp3) is 0.540. The van der Waals surface area contributed by atoms with E-state index in [1.54, 1.807) is 0 Å². The largest absolute Gasteiger partial charge is 0.462 e. The highest BCUT2D eigenvalue weighted by atomic mass is 16.6. The van der Waals surface area contributed by atoms with Crippen molar-refractivity contribution in [2.24, 2.45) is 0 Å². The van der Waals surface area contributed by atoms with Gasteiger partial charge in [0.1, 0.15) is 13.2 Å². The number of rotatable bonds is 46. The number of ether oxygens (including phenoxy) is 3. The molecule has 0 rings (SSSR count). The van der Waals surface area contributed by atoms with Crippen LogP contribution in [0.15, 0.2) is 158 Å². The summed E-state index contributed by atoms with van der Waals surface area (Å²) in [6.07, 6.45) is 81.0. The minimum Gasteiger partial charge on any atom is -0.462 e. The zero-order valence-electron chi connectivity index (χ0n) is 43.8. The van der Waals surface area contributed by atoms with Gasteiger partial charge in [-0.3, -0.25) is 14.4 Å². The minimum atomic E-state index is -0.850. The van der Waals surface area contributed by atoms with Crippen molar-refractivity contribution in [2.75, 3.05) is 13.2 Å². The molecular weight excluding hydrogens is 853 g/mol. The third-order valence-corrected chi connectivity index (χ3v) is 10.6. The molecule has 0 aromatic carbocycles. The summed E-state index contributed by atoms with van der Waals surface area (Å²) in [5, 5.41) is 0. The lowest BCUT2D eigenvalue weighted by Gasteiger charge is -2.18. The number of allylic oxidation sites excluding steroid dienone is 26. The van der Waals surface area contributed by atoms with Gasteiger partial charge < -0.3 is 14.2 Å². The second kappa shape index (κ2) is 55.6. The van der Waals surface area contributed by atoms with Crippen molar-refractivity contribution in [1.82, 2.24) is 0 Å². The van der Waals surface area contributed by atoms with E-state index >= 15 is 0 Å². The van der Waals surface area contributed by atoms with Gasteiger partial charge in [-0.1, -0.05) is 224 Å². The van der Waals surface area contributed by atoms with Crippen LogP contribution in [0.3, 0.4) is 0 Å². The third-order valence-electron chi connectivity index (χ3n) is 10.6. The van der Waals surface area contributed by atoms with Gasteiger partial charge in [-0.05, 0) is 116 Å². The molecule has 0 aliphatic carbocycles. The Kier molecular flexibility index (Phi) is 51.6. The normalized spacial score (nSPS) is 13.4. The molecule has 0 amide bonds. The van der Waals surface area contributed by atoms with Gasteiger partial charge >= 0.3 is 17.9 Å². The standard InChI is InChI=1S/C63H96O6/c1-4-7-10-13-16-19-22-25-28-30-31-33-35-38-41-44-47-50-53-56-62(65)68-59-60(58-67-61(64)55-52-49-46-43-40-37-34-27-24-21-18-15-12-9-6-3)69-63(66)57-54-51-48-45-42-39-36-32-29-26-23-20-17-14-11-8-5-2/h7,9-10,12,15-21,24-26,28-29,31,33,36,38-39,41,45,47-48,50,60H,4-6,8,11,13-14,22-23,27,30,32,34-35,37,40,42-44,46,49,51-59H2,1-3H3/b10-7-,12-9-,18-15-,19-16-,20-17-,24-21-,28-25-,29-26-,33-31-,39-36-,41-38-,48-45-,50-47-. The summed E-state index contributed by atoms with van der Waals surface area (Å²) in [5.41, 5.74) is 0. The maximum atomic E-state index is 12.8. The summed E-state index contributed by atoms with van der Waals surface area (Å²) in [4.78, 5) is 38.0. The van der Waals surface area contributed by atoms with Crippen molar-refractivity contribution in [3.63, 3.8) is 0 Å². The van der Waals surface area contributed by atoms with Crippen LogP contribution < -0.4 is 0 Å². The van der Waals surface area contributed by atoms with E-state index < -0.39 is 12.1 Å². The topological polar surface area (TPSA) is 78.9 Å². The highest BCUT2D eigenvalue weighted by Crippen LogP contribution is 2.12. The van der Waals surface area contributed by atoms with E-state index in [1.165, 1.54) is 44.9 Å². The maximum absolute atomic E-state index is 12.8. The molecule has 6 heteroatoms. The molecule has 0 aliphatic rings. The van der Waals surface area contributed by atoms with E-state index in [0.29, 0.717) is 19.3 Å². The van der Waals surface area contributed by atoms with Crippen molar-refractivity contribution in [3.05, 3.63) is 158 Å². The molecule has 0 N–H and O–H groups in total. The monoisotopic (exact) mass is 949 g/mol. The van der Waals surface area contributed by atoms with E-state index in [2.05, 4.69) is 167 Å². The Bertz CT molecular complexity index is 1610. The van der Waals surface area contributed by atoms with Crippen LogP contribution in [-0.2, 0) is 28.6 Å². The number of esters is 3. The lowest BCUT2D eigenvalue weighted by molar-refractivity contribution is -0.166. The average Bonchev–Trinajstić information content (AvgIpc) is 3.35. The number of carbonyl (C=O) groups is 3. The quantitative estimate of drug-likeness (QED) is 0.0199. The first kappa shape index (κ1) is 64.0. The number of hydrogen-bond acceptors (Lipinski definition) is 6. The molecule has 0 aromatic heterocycles. The predicted octanol–water partition coefficient (Wildman–Crippen LogP) is 18.2. The van der Waals surface area contributed by atoms with Gasteiger partial charge in [0, 0.05) is 19.3 Å². The van der Waals surface area contributed by atoms with E-state index in [0.717, 1.165) is 103 Å². The molecule has 69 heavy (non-hydrogen) atoms. The van der Waals surface area contributed by atoms with Crippen LogP contribution >= 0.6 is 0 Å². The number of hydrogen-bond donors (Lipinski definition) is 0. The van der Waals surface area contributed by atoms with Gasteiger partial charge in [-0.25, -0.2) is 0 Å². The van der Waals surface area contributed by atoms with Crippen molar-refractivity contribution in [2.45, 2.75) is 207 Å². The van der Waals surface area contributed by atoms with Crippen LogP contribution in [0.1, 0.15) is 201 Å². The Morgan fingerprint density at radius 3 is 1.17 bits per heavy atom. The third kappa shape index (κ3) is 53.8. The number of carbonyl (C=O) groups excluding carboxylic acids is 3. The smallest absolute Gasteiger partial charge is 0.306 e. The first-order valence-corrected chi connectivity index (χ1v) is 27.0. The van der Waals surface area contributed by atoms with Crippen LogP contribution in [0.25, 0.3) is 0 Å². The zero-order valence-corrected chi connectivity index (χ0v) is 43.8. The van der Waals surface area contributed by atoms with Crippen LogP contribution in [0.5, 0.6) is 0 Å². The van der Waals surface area contributed by atoms with Crippen molar-refractivity contribution in [3.8, 4) is 0 Å².